The highest BCUT2D eigenvalue weighted by Crippen LogP contribution is 2.39. The van der Waals surface area contributed by atoms with Crippen LogP contribution in [-0.4, -0.2) is 18.7 Å². The van der Waals surface area contributed by atoms with E-state index in [1.165, 1.54) is 4.88 Å². The molecule has 3 rings (SSSR count). The van der Waals surface area contributed by atoms with E-state index in [4.69, 9.17) is 0 Å². The summed E-state index contributed by atoms with van der Waals surface area (Å²) < 4.78 is 0. The van der Waals surface area contributed by atoms with Crippen LogP contribution in [0.25, 0.3) is 10.8 Å². The van der Waals surface area contributed by atoms with Gasteiger partial charge in [-0.15, -0.1) is 11.3 Å². The zero-order valence-electron chi connectivity index (χ0n) is 12.0. The molecule has 2 N–H and O–H groups in total. The van der Waals surface area contributed by atoms with E-state index in [1.54, 1.807) is 11.3 Å². The van der Waals surface area contributed by atoms with Gasteiger partial charge in [-0.1, -0.05) is 42.5 Å². The first-order valence-electron chi connectivity index (χ1n) is 7.20. The minimum Gasteiger partial charge on any atom is -0.507 e. The maximum Gasteiger partial charge on any atom is 0.127 e. The van der Waals surface area contributed by atoms with E-state index < -0.39 is 0 Å². The molecule has 3 heteroatoms. The predicted molar refractivity (Wildman–Crippen MR) is 90.3 cm³/mol. The molecular weight excluding hydrogens is 278 g/mol. The minimum atomic E-state index is 0.238. The minimum absolute atomic E-state index is 0.238. The standard InChI is InChI=1S/C18H19NOS/c1-19-11-10-15(17-7-4-12-21-17)16-9-8-13-5-2-3-6-14(13)18(16)20/h2-9,12,15,19-20H,10-11H2,1H3. The Morgan fingerprint density at radius 2 is 1.95 bits per heavy atom. The van der Waals surface area contributed by atoms with Crippen LogP contribution in [0.1, 0.15) is 22.8 Å². The largest absolute Gasteiger partial charge is 0.507 e. The van der Waals surface area contributed by atoms with Crippen molar-refractivity contribution in [2.75, 3.05) is 13.6 Å². The summed E-state index contributed by atoms with van der Waals surface area (Å²) in [5.41, 5.74) is 1.02. The van der Waals surface area contributed by atoms with Crippen LogP contribution in [0.5, 0.6) is 5.75 Å². The Kier molecular flexibility index (Phi) is 4.23. The lowest BCUT2D eigenvalue weighted by atomic mass is 9.91. The van der Waals surface area contributed by atoms with Crippen LogP contribution in [0.2, 0.25) is 0 Å². The molecule has 0 aliphatic heterocycles. The third-order valence-corrected chi connectivity index (χ3v) is 4.86. The Balaban J connectivity index is 2.08. The normalized spacial score (nSPS) is 12.6. The van der Waals surface area contributed by atoms with Gasteiger partial charge in [0.15, 0.2) is 0 Å². The number of rotatable bonds is 5. The van der Waals surface area contributed by atoms with Crippen molar-refractivity contribution in [2.24, 2.45) is 0 Å². The van der Waals surface area contributed by atoms with Crippen LogP contribution in [-0.2, 0) is 0 Å². The first kappa shape index (κ1) is 14.1. The Labute approximate surface area is 129 Å². The summed E-state index contributed by atoms with van der Waals surface area (Å²) in [6, 6.07) is 16.4. The molecule has 21 heavy (non-hydrogen) atoms. The number of aromatic hydroxyl groups is 1. The molecule has 0 fully saturated rings. The molecule has 2 aromatic carbocycles. The number of hydrogen-bond acceptors (Lipinski definition) is 3. The summed E-state index contributed by atoms with van der Waals surface area (Å²) in [4.78, 5) is 1.30. The van der Waals surface area contributed by atoms with E-state index in [2.05, 4.69) is 35.0 Å². The highest BCUT2D eigenvalue weighted by Gasteiger charge is 2.19. The zero-order chi connectivity index (χ0) is 14.7. The van der Waals surface area contributed by atoms with E-state index in [-0.39, 0.29) is 5.92 Å². The first-order valence-corrected chi connectivity index (χ1v) is 8.08. The van der Waals surface area contributed by atoms with Gasteiger partial charge in [-0.25, -0.2) is 0 Å². The molecule has 1 aromatic heterocycles. The molecule has 0 saturated carbocycles. The van der Waals surface area contributed by atoms with Crippen LogP contribution in [0.4, 0.5) is 0 Å². The fourth-order valence-electron chi connectivity index (χ4n) is 2.78. The van der Waals surface area contributed by atoms with Gasteiger partial charge in [-0.2, -0.15) is 0 Å². The number of nitrogens with one attached hydrogen (secondary N) is 1. The summed E-state index contributed by atoms with van der Waals surface area (Å²) in [7, 11) is 1.96. The zero-order valence-corrected chi connectivity index (χ0v) is 12.9. The van der Waals surface area contributed by atoms with E-state index in [0.29, 0.717) is 5.75 Å². The summed E-state index contributed by atoms with van der Waals surface area (Å²) in [6.45, 7) is 0.925. The molecule has 1 atom stereocenters. The molecule has 0 aliphatic carbocycles. The monoisotopic (exact) mass is 297 g/mol. The Hall–Kier alpha value is -1.84. The van der Waals surface area contributed by atoms with Crippen molar-refractivity contribution >= 4 is 22.1 Å². The second kappa shape index (κ2) is 6.29. The molecule has 0 radical (unpaired) electrons. The van der Waals surface area contributed by atoms with Gasteiger partial charge in [-0.05, 0) is 36.8 Å². The lowest BCUT2D eigenvalue weighted by Crippen LogP contribution is -2.12. The van der Waals surface area contributed by atoms with E-state index in [9.17, 15) is 5.11 Å². The molecule has 0 aliphatic rings. The van der Waals surface area contributed by atoms with Gasteiger partial charge in [0, 0.05) is 21.7 Å². The van der Waals surface area contributed by atoms with E-state index in [0.717, 1.165) is 29.3 Å². The first-order chi connectivity index (χ1) is 10.3. The van der Waals surface area contributed by atoms with Crippen LogP contribution in [0, 0.1) is 0 Å². The molecule has 0 saturated heterocycles. The van der Waals surface area contributed by atoms with Crippen molar-refractivity contribution in [3.63, 3.8) is 0 Å². The molecule has 1 heterocycles. The predicted octanol–water partition coefficient (Wildman–Crippen LogP) is 4.35. The summed E-state index contributed by atoms with van der Waals surface area (Å²) in [5.74, 6) is 0.657. The number of benzene rings is 2. The fraction of sp³-hybridized carbons (Fsp3) is 0.222. The molecule has 0 amide bonds. The van der Waals surface area contributed by atoms with E-state index >= 15 is 0 Å². The van der Waals surface area contributed by atoms with Crippen molar-refractivity contribution < 1.29 is 5.11 Å². The number of hydrogen-bond donors (Lipinski definition) is 2. The Morgan fingerprint density at radius 3 is 2.71 bits per heavy atom. The van der Waals surface area contributed by atoms with Gasteiger partial charge in [0.25, 0.3) is 0 Å². The van der Waals surface area contributed by atoms with Gasteiger partial charge in [-0.3, -0.25) is 0 Å². The highest BCUT2D eigenvalue weighted by atomic mass is 32.1. The quantitative estimate of drug-likeness (QED) is 0.734. The lowest BCUT2D eigenvalue weighted by Gasteiger charge is -2.18. The van der Waals surface area contributed by atoms with Crippen LogP contribution >= 0.6 is 11.3 Å². The van der Waals surface area contributed by atoms with Crippen LogP contribution < -0.4 is 5.32 Å². The van der Waals surface area contributed by atoms with Crippen molar-refractivity contribution in [1.82, 2.24) is 5.32 Å². The Bertz CT molecular complexity index is 721. The maximum absolute atomic E-state index is 10.7. The topological polar surface area (TPSA) is 32.3 Å². The van der Waals surface area contributed by atoms with Crippen molar-refractivity contribution in [3.8, 4) is 5.75 Å². The average molecular weight is 297 g/mol. The average Bonchev–Trinajstić information content (AvgIpc) is 3.04. The maximum atomic E-state index is 10.7. The second-order valence-corrected chi connectivity index (χ2v) is 6.16. The third kappa shape index (κ3) is 2.80. The molecule has 1 unspecified atom stereocenters. The van der Waals surface area contributed by atoms with Gasteiger partial charge in [0.05, 0.1) is 0 Å². The summed E-state index contributed by atoms with van der Waals surface area (Å²) >= 11 is 1.75. The third-order valence-electron chi connectivity index (χ3n) is 3.88. The van der Waals surface area contributed by atoms with Gasteiger partial charge < -0.3 is 10.4 Å². The van der Waals surface area contributed by atoms with Gasteiger partial charge >= 0.3 is 0 Å². The van der Waals surface area contributed by atoms with Gasteiger partial charge in [0.2, 0.25) is 0 Å². The van der Waals surface area contributed by atoms with Crippen molar-refractivity contribution in [2.45, 2.75) is 12.3 Å². The number of phenolic OH excluding ortho intramolecular Hbond substituents is 1. The summed E-state index contributed by atoms with van der Waals surface area (Å²) in [6.07, 6.45) is 0.975. The fourth-order valence-corrected chi connectivity index (χ4v) is 3.66. The molecule has 0 bridgehead atoms. The second-order valence-electron chi connectivity index (χ2n) is 5.18. The molecule has 2 nitrogen and oxygen atoms in total. The number of phenols is 1. The molecular formula is C18H19NOS. The van der Waals surface area contributed by atoms with Crippen LogP contribution in [0.3, 0.4) is 0 Å². The summed E-state index contributed by atoms with van der Waals surface area (Å²) in [5, 5.41) is 18.0. The molecule has 3 aromatic rings. The Morgan fingerprint density at radius 1 is 1.10 bits per heavy atom. The smallest absolute Gasteiger partial charge is 0.127 e. The SMILES string of the molecule is CNCCC(c1cccs1)c1ccc2ccccc2c1O. The lowest BCUT2D eigenvalue weighted by molar-refractivity contribution is 0.469. The van der Waals surface area contributed by atoms with Crippen molar-refractivity contribution in [1.29, 1.82) is 0 Å². The van der Waals surface area contributed by atoms with Crippen LogP contribution in [0.15, 0.2) is 53.9 Å². The molecule has 0 spiro atoms. The molecule has 108 valence electrons. The number of fused-ring (bicyclic) bond motifs is 1. The number of thiophene rings is 1. The van der Waals surface area contributed by atoms with E-state index in [1.807, 2.05) is 31.3 Å². The van der Waals surface area contributed by atoms with Gasteiger partial charge in [0.1, 0.15) is 5.75 Å². The highest BCUT2D eigenvalue weighted by molar-refractivity contribution is 7.10. The van der Waals surface area contributed by atoms with Crippen molar-refractivity contribution in [3.05, 3.63) is 64.4 Å².